The molecule has 1 fully saturated rings. The van der Waals surface area contributed by atoms with E-state index in [-0.39, 0.29) is 17.5 Å². The fourth-order valence-corrected chi connectivity index (χ4v) is 6.05. The fourth-order valence-electron chi connectivity index (χ4n) is 6.05. The van der Waals surface area contributed by atoms with E-state index in [1.807, 2.05) is 31.2 Å². The number of carbonyl (C=O) groups excluding carboxylic acids is 1. The molecular formula is C35H36F3N7O. The number of alkyl halides is 3. The number of benzene rings is 3. The van der Waals surface area contributed by atoms with Crippen molar-refractivity contribution in [2.75, 3.05) is 36.1 Å². The molecule has 0 bridgehead atoms. The van der Waals surface area contributed by atoms with Crippen LogP contribution in [0.1, 0.15) is 58.3 Å². The zero-order valence-electron chi connectivity index (χ0n) is 25.7. The lowest BCUT2D eigenvalue weighted by Crippen LogP contribution is -2.30. The lowest BCUT2D eigenvalue weighted by Gasteiger charge is -2.32. The number of hydrogen-bond donors (Lipinski definition) is 3. The molecular weight excluding hydrogens is 591 g/mol. The second kappa shape index (κ2) is 13.1. The smallest absolute Gasteiger partial charge is 0.381 e. The number of amides is 1. The third-order valence-electron chi connectivity index (χ3n) is 8.34. The molecule has 1 aromatic heterocycles. The van der Waals surface area contributed by atoms with Crippen molar-refractivity contribution in [3.8, 4) is 0 Å². The zero-order valence-corrected chi connectivity index (χ0v) is 25.7. The molecule has 1 amide bonds. The van der Waals surface area contributed by atoms with Gasteiger partial charge in [-0.3, -0.25) is 4.79 Å². The van der Waals surface area contributed by atoms with Crippen LogP contribution < -0.4 is 16.0 Å². The molecule has 6 rings (SSSR count). The number of halogens is 3. The molecule has 0 radical (unpaired) electrons. The normalized spacial score (nSPS) is 16.5. The minimum absolute atomic E-state index is 0.00934. The van der Waals surface area contributed by atoms with Gasteiger partial charge in [-0.2, -0.15) is 18.2 Å². The van der Waals surface area contributed by atoms with Crippen LogP contribution in [0.3, 0.4) is 0 Å². The summed E-state index contributed by atoms with van der Waals surface area (Å²) in [5.74, 6) is -0.212. The summed E-state index contributed by atoms with van der Waals surface area (Å²) in [6.45, 7) is 5.17. The molecule has 0 spiro atoms. The Balaban J connectivity index is 1.12. The Morgan fingerprint density at radius 2 is 1.83 bits per heavy atom. The number of carbonyl (C=O) groups is 1. The number of rotatable bonds is 9. The number of hydrogen-bond acceptors (Lipinski definition) is 7. The van der Waals surface area contributed by atoms with Crippen LogP contribution in [0, 0.1) is 0 Å². The van der Waals surface area contributed by atoms with Crippen LogP contribution >= 0.6 is 0 Å². The van der Waals surface area contributed by atoms with E-state index in [1.165, 1.54) is 23.3 Å². The zero-order chi connectivity index (χ0) is 32.3. The highest BCUT2D eigenvalue weighted by Gasteiger charge is 2.36. The number of allylic oxidation sites excluding steroid dienone is 1. The second-order valence-electron chi connectivity index (χ2n) is 11.7. The van der Waals surface area contributed by atoms with Crippen molar-refractivity contribution in [3.63, 3.8) is 0 Å². The van der Waals surface area contributed by atoms with Crippen LogP contribution in [0.5, 0.6) is 0 Å². The molecule has 0 saturated carbocycles. The van der Waals surface area contributed by atoms with Crippen LogP contribution in [0.2, 0.25) is 0 Å². The van der Waals surface area contributed by atoms with E-state index >= 15 is 0 Å². The van der Waals surface area contributed by atoms with E-state index in [1.54, 1.807) is 25.2 Å². The largest absolute Gasteiger partial charge is 0.421 e. The third kappa shape index (κ3) is 6.93. The standard InChI is InChI=1S/C35H36F3N7O/c1-3-16-45-17-6-9-25(22-45)24-7-4-10-28(18-24)39-19-23-12-14-27(15-13-23)41-34-40-20-29(35(36,37)38)32(43-34)42-30-11-5-8-26-21-44(2)33(46)31(26)30/h3-5,7-8,10-16,18,20,25,39H,6,9,17,19,21-22H2,1-2H3,(H2,40,41,42,43). The summed E-state index contributed by atoms with van der Waals surface area (Å²) < 4.78 is 41.7. The maximum atomic E-state index is 13.9. The number of likely N-dealkylation sites (tertiary alicyclic amines) is 1. The van der Waals surface area contributed by atoms with Crippen molar-refractivity contribution in [1.29, 1.82) is 0 Å². The van der Waals surface area contributed by atoms with Crippen LogP contribution in [0.4, 0.5) is 42.0 Å². The van der Waals surface area contributed by atoms with Gasteiger partial charge in [0.05, 0.1) is 11.3 Å². The van der Waals surface area contributed by atoms with Crippen LogP contribution in [-0.2, 0) is 19.3 Å². The molecule has 1 saturated heterocycles. The predicted molar refractivity (Wildman–Crippen MR) is 174 cm³/mol. The SMILES string of the molecule is CC=CN1CCCC(c2cccc(NCc3ccc(Nc4ncc(C(F)(F)F)c(Nc5cccc6c5C(=O)N(C)C6)n4)cc3)c2)C1. The highest BCUT2D eigenvalue weighted by molar-refractivity contribution is 6.04. The van der Waals surface area contributed by atoms with Crippen molar-refractivity contribution in [2.45, 2.75) is 44.9 Å². The van der Waals surface area contributed by atoms with Crippen LogP contribution in [0.15, 0.2) is 85.2 Å². The molecule has 8 nitrogen and oxygen atoms in total. The van der Waals surface area contributed by atoms with Crippen molar-refractivity contribution >= 4 is 34.7 Å². The predicted octanol–water partition coefficient (Wildman–Crippen LogP) is 7.89. The van der Waals surface area contributed by atoms with E-state index < -0.39 is 17.6 Å². The molecule has 238 valence electrons. The summed E-state index contributed by atoms with van der Waals surface area (Å²) in [5.41, 5.74) is 4.36. The van der Waals surface area contributed by atoms with E-state index in [0.717, 1.165) is 36.1 Å². The van der Waals surface area contributed by atoms with Crippen molar-refractivity contribution in [2.24, 2.45) is 0 Å². The lowest BCUT2D eigenvalue weighted by atomic mass is 9.90. The molecule has 0 aliphatic carbocycles. The Kier molecular flexibility index (Phi) is 8.83. The number of nitrogens with one attached hydrogen (secondary N) is 3. The molecule has 3 aromatic carbocycles. The van der Waals surface area contributed by atoms with Gasteiger partial charge in [0.1, 0.15) is 11.4 Å². The van der Waals surface area contributed by atoms with Crippen molar-refractivity contribution < 1.29 is 18.0 Å². The number of fused-ring (bicyclic) bond motifs is 1. The molecule has 1 atom stereocenters. The van der Waals surface area contributed by atoms with Gasteiger partial charge in [-0.25, -0.2) is 4.98 Å². The molecule has 3 N–H and O–H groups in total. The summed E-state index contributed by atoms with van der Waals surface area (Å²) in [6.07, 6.45) is 2.66. The van der Waals surface area contributed by atoms with Crippen LogP contribution in [-0.4, -0.2) is 45.8 Å². The third-order valence-corrected chi connectivity index (χ3v) is 8.34. The highest BCUT2D eigenvalue weighted by atomic mass is 19.4. The average Bonchev–Trinajstić information content (AvgIpc) is 3.34. The first kappa shape index (κ1) is 30.9. The summed E-state index contributed by atoms with van der Waals surface area (Å²) in [7, 11) is 1.65. The number of anilines is 5. The Morgan fingerprint density at radius 1 is 1.02 bits per heavy atom. The average molecular weight is 628 g/mol. The van der Waals surface area contributed by atoms with Gasteiger partial charge in [-0.05, 0) is 73.0 Å². The first-order chi connectivity index (χ1) is 22.2. The van der Waals surface area contributed by atoms with E-state index in [2.05, 4.69) is 67.4 Å². The van der Waals surface area contributed by atoms with Gasteiger partial charge in [0.15, 0.2) is 0 Å². The Bertz CT molecular complexity index is 1740. The van der Waals surface area contributed by atoms with Gasteiger partial charge in [-0.15, -0.1) is 0 Å². The Labute approximate surface area is 266 Å². The molecule has 4 aromatic rings. The maximum absolute atomic E-state index is 13.9. The number of aromatic nitrogens is 2. The second-order valence-corrected chi connectivity index (χ2v) is 11.7. The van der Waals surface area contributed by atoms with Crippen molar-refractivity contribution in [3.05, 3.63) is 113 Å². The van der Waals surface area contributed by atoms with Gasteiger partial charge in [-0.1, -0.05) is 42.5 Å². The number of piperidine rings is 1. The highest BCUT2D eigenvalue weighted by Crippen LogP contribution is 2.37. The lowest BCUT2D eigenvalue weighted by molar-refractivity contribution is -0.137. The topological polar surface area (TPSA) is 85.4 Å². The minimum Gasteiger partial charge on any atom is -0.381 e. The summed E-state index contributed by atoms with van der Waals surface area (Å²) in [5, 5.41) is 9.26. The minimum atomic E-state index is -4.70. The van der Waals surface area contributed by atoms with Crippen LogP contribution in [0.25, 0.3) is 0 Å². The summed E-state index contributed by atoms with van der Waals surface area (Å²) in [6, 6.07) is 21.2. The Morgan fingerprint density at radius 3 is 2.61 bits per heavy atom. The van der Waals surface area contributed by atoms with E-state index in [4.69, 9.17) is 0 Å². The van der Waals surface area contributed by atoms with Gasteiger partial charge < -0.3 is 25.8 Å². The summed E-state index contributed by atoms with van der Waals surface area (Å²) >= 11 is 0. The number of nitrogens with zero attached hydrogens (tertiary/aromatic N) is 4. The Hall–Kier alpha value is -5.06. The summed E-state index contributed by atoms with van der Waals surface area (Å²) in [4.78, 5) is 24.7. The monoisotopic (exact) mass is 627 g/mol. The quantitative estimate of drug-likeness (QED) is 0.174. The molecule has 11 heteroatoms. The van der Waals surface area contributed by atoms with E-state index in [0.29, 0.717) is 30.3 Å². The van der Waals surface area contributed by atoms with Gasteiger partial charge in [0, 0.05) is 56.7 Å². The van der Waals surface area contributed by atoms with Gasteiger partial charge in [0.25, 0.3) is 5.91 Å². The molecule has 1 unspecified atom stereocenters. The van der Waals surface area contributed by atoms with Gasteiger partial charge >= 0.3 is 6.18 Å². The van der Waals surface area contributed by atoms with Crippen molar-refractivity contribution in [1.82, 2.24) is 19.8 Å². The molecule has 2 aliphatic heterocycles. The van der Waals surface area contributed by atoms with E-state index in [9.17, 15) is 18.0 Å². The molecule has 2 aliphatic rings. The first-order valence-electron chi connectivity index (χ1n) is 15.3. The maximum Gasteiger partial charge on any atom is 0.421 e. The fraction of sp³-hybridized carbons (Fsp3) is 0.286. The molecule has 46 heavy (non-hydrogen) atoms. The van der Waals surface area contributed by atoms with Gasteiger partial charge in [0.2, 0.25) is 5.95 Å². The first-order valence-corrected chi connectivity index (χ1v) is 15.3. The molecule has 3 heterocycles.